The van der Waals surface area contributed by atoms with Crippen LogP contribution in [0.1, 0.15) is 25.3 Å². The molecule has 3 nitrogen and oxygen atoms in total. The van der Waals surface area contributed by atoms with Crippen LogP contribution in [-0.4, -0.2) is 18.5 Å². The number of nitrogens with two attached hydrogens (primary N) is 1. The highest BCUT2D eigenvalue weighted by Crippen LogP contribution is 2.02. The van der Waals surface area contributed by atoms with E-state index < -0.39 is 0 Å². The molecule has 1 unspecified atom stereocenters. The molecule has 0 aliphatic rings. The van der Waals surface area contributed by atoms with Gasteiger partial charge < -0.3 is 11.1 Å². The minimum atomic E-state index is -0.241. The summed E-state index contributed by atoms with van der Waals surface area (Å²) >= 11 is 0. The van der Waals surface area contributed by atoms with Crippen molar-refractivity contribution in [2.24, 2.45) is 5.73 Å². The third-order valence-corrected chi connectivity index (χ3v) is 2.48. The van der Waals surface area contributed by atoms with Crippen molar-refractivity contribution < 1.29 is 9.18 Å². The molecule has 1 aromatic carbocycles. The number of amides is 1. The van der Waals surface area contributed by atoms with Crippen molar-refractivity contribution in [2.75, 3.05) is 6.54 Å². The zero-order chi connectivity index (χ0) is 12.7. The number of nitrogens with one attached hydrogen (secondary N) is 1. The molecule has 1 atom stereocenters. The summed E-state index contributed by atoms with van der Waals surface area (Å²) in [4.78, 5) is 11.4. The maximum Gasteiger partial charge on any atom is 0.220 e. The van der Waals surface area contributed by atoms with Crippen LogP contribution in [-0.2, 0) is 11.2 Å². The molecule has 0 spiro atoms. The third kappa shape index (κ3) is 7.25. The Bertz CT molecular complexity index is 355. The standard InChI is InChI=1S/C13H19FN2O.ClH/c1-10(15)2-7-13(17)16-9-8-11-3-5-12(14)6-4-11;/h3-6,10H,2,7-9,15H2,1H3,(H,16,17);1H. The minimum Gasteiger partial charge on any atom is -0.356 e. The first-order valence-corrected chi connectivity index (χ1v) is 5.84. The van der Waals surface area contributed by atoms with Gasteiger partial charge in [0, 0.05) is 19.0 Å². The molecular formula is C13H20ClFN2O. The second-order valence-corrected chi connectivity index (χ2v) is 4.24. The van der Waals surface area contributed by atoms with E-state index in [0.29, 0.717) is 25.8 Å². The fourth-order valence-electron chi connectivity index (χ4n) is 1.44. The molecule has 0 aliphatic carbocycles. The largest absolute Gasteiger partial charge is 0.356 e. The van der Waals surface area contributed by atoms with Gasteiger partial charge in [-0.05, 0) is 37.5 Å². The first-order valence-electron chi connectivity index (χ1n) is 5.84. The Hall–Kier alpha value is -1.13. The van der Waals surface area contributed by atoms with Gasteiger partial charge in [-0.1, -0.05) is 12.1 Å². The topological polar surface area (TPSA) is 55.1 Å². The predicted molar refractivity (Wildman–Crippen MR) is 73.2 cm³/mol. The van der Waals surface area contributed by atoms with Crippen LogP contribution in [0.4, 0.5) is 4.39 Å². The van der Waals surface area contributed by atoms with Crippen LogP contribution < -0.4 is 11.1 Å². The van der Waals surface area contributed by atoms with E-state index in [1.165, 1.54) is 12.1 Å². The maximum atomic E-state index is 12.6. The molecule has 0 bridgehead atoms. The van der Waals surface area contributed by atoms with Crippen molar-refractivity contribution in [2.45, 2.75) is 32.2 Å². The monoisotopic (exact) mass is 274 g/mol. The first-order chi connectivity index (χ1) is 8.08. The lowest BCUT2D eigenvalue weighted by molar-refractivity contribution is -0.121. The normalized spacial score (nSPS) is 11.5. The Morgan fingerprint density at radius 2 is 2.00 bits per heavy atom. The van der Waals surface area contributed by atoms with E-state index in [1.54, 1.807) is 12.1 Å². The first kappa shape index (κ1) is 16.9. The zero-order valence-electron chi connectivity index (χ0n) is 10.5. The second kappa shape index (κ2) is 8.89. The molecule has 18 heavy (non-hydrogen) atoms. The summed E-state index contributed by atoms with van der Waals surface area (Å²) in [6.07, 6.45) is 1.87. The lowest BCUT2D eigenvalue weighted by atomic mass is 10.1. The summed E-state index contributed by atoms with van der Waals surface area (Å²) in [6, 6.07) is 6.35. The van der Waals surface area contributed by atoms with Gasteiger partial charge >= 0.3 is 0 Å². The predicted octanol–water partition coefficient (Wildman–Crippen LogP) is 2.03. The van der Waals surface area contributed by atoms with Gasteiger partial charge in [0.2, 0.25) is 5.91 Å². The van der Waals surface area contributed by atoms with Gasteiger partial charge in [0.05, 0.1) is 0 Å². The fraction of sp³-hybridized carbons (Fsp3) is 0.462. The Kier molecular flexibility index (Phi) is 8.33. The van der Waals surface area contributed by atoms with Gasteiger partial charge in [-0.2, -0.15) is 0 Å². The molecule has 0 aromatic heterocycles. The molecule has 1 amide bonds. The Morgan fingerprint density at radius 3 is 2.56 bits per heavy atom. The summed E-state index contributed by atoms with van der Waals surface area (Å²) in [5.41, 5.74) is 6.57. The van der Waals surface area contributed by atoms with Crippen LogP contribution in [0.2, 0.25) is 0 Å². The number of hydrogen-bond acceptors (Lipinski definition) is 2. The average molecular weight is 275 g/mol. The fourth-order valence-corrected chi connectivity index (χ4v) is 1.44. The average Bonchev–Trinajstić information content (AvgIpc) is 2.29. The van der Waals surface area contributed by atoms with Gasteiger partial charge in [-0.25, -0.2) is 4.39 Å². The highest BCUT2D eigenvalue weighted by atomic mass is 35.5. The number of rotatable bonds is 6. The smallest absolute Gasteiger partial charge is 0.220 e. The molecule has 0 saturated carbocycles. The molecule has 0 aliphatic heterocycles. The van der Waals surface area contributed by atoms with E-state index in [2.05, 4.69) is 5.32 Å². The van der Waals surface area contributed by atoms with E-state index in [0.717, 1.165) is 5.56 Å². The van der Waals surface area contributed by atoms with E-state index in [1.807, 2.05) is 6.92 Å². The van der Waals surface area contributed by atoms with Gasteiger partial charge in [0.15, 0.2) is 0 Å². The zero-order valence-corrected chi connectivity index (χ0v) is 11.3. The summed E-state index contributed by atoms with van der Waals surface area (Å²) in [5, 5.41) is 2.81. The van der Waals surface area contributed by atoms with Crippen LogP contribution >= 0.6 is 12.4 Å². The maximum absolute atomic E-state index is 12.6. The Morgan fingerprint density at radius 1 is 1.39 bits per heavy atom. The van der Waals surface area contributed by atoms with Crippen LogP contribution in [0.3, 0.4) is 0 Å². The summed E-state index contributed by atoms with van der Waals surface area (Å²) in [5.74, 6) is -0.223. The van der Waals surface area contributed by atoms with Gasteiger partial charge in [0.1, 0.15) is 5.82 Å². The SMILES string of the molecule is CC(N)CCC(=O)NCCc1ccc(F)cc1.Cl. The van der Waals surface area contributed by atoms with Crippen molar-refractivity contribution in [3.05, 3.63) is 35.6 Å². The third-order valence-electron chi connectivity index (χ3n) is 2.48. The van der Waals surface area contributed by atoms with Crippen LogP contribution in [0, 0.1) is 5.82 Å². The number of carbonyl (C=O) groups excluding carboxylic acids is 1. The van der Waals surface area contributed by atoms with Gasteiger partial charge in [-0.15, -0.1) is 12.4 Å². The summed E-state index contributed by atoms with van der Waals surface area (Å²) in [7, 11) is 0. The Labute approximate surface area is 113 Å². The lowest BCUT2D eigenvalue weighted by Gasteiger charge is -2.07. The molecule has 3 N–H and O–H groups in total. The molecule has 1 rings (SSSR count). The van der Waals surface area contributed by atoms with Crippen molar-refractivity contribution in [3.8, 4) is 0 Å². The van der Waals surface area contributed by atoms with Crippen molar-refractivity contribution in [1.82, 2.24) is 5.32 Å². The van der Waals surface area contributed by atoms with Crippen LogP contribution in [0.5, 0.6) is 0 Å². The van der Waals surface area contributed by atoms with E-state index in [4.69, 9.17) is 5.73 Å². The summed E-state index contributed by atoms with van der Waals surface area (Å²) < 4.78 is 12.6. The number of benzene rings is 1. The lowest BCUT2D eigenvalue weighted by Crippen LogP contribution is -2.27. The Balaban J connectivity index is 0.00000289. The molecule has 0 saturated heterocycles. The minimum absolute atomic E-state index is 0. The molecule has 5 heteroatoms. The van der Waals surface area contributed by atoms with Crippen molar-refractivity contribution in [3.63, 3.8) is 0 Å². The van der Waals surface area contributed by atoms with Gasteiger partial charge in [-0.3, -0.25) is 4.79 Å². The quantitative estimate of drug-likeness (QED) is 0.834. The number of hydrogen-bond donors (Lipinski definition) is 2. The molecule has 0 fully saturated rings. The van der Waals surface area contributed by atoms with E-state index in [9.17, 15) is 9.18 Å². The van der Waals surface area contributed by atoms with E-state index in [-0.39, 0.29) is 30.2 Å². The second-order valence-electron chi connectivity index (χ2n) is 4.24. The molecule has 0 heterocycles. The highest BCUT2D eigenvalue weighted by Gasteiger charge is 2.02. The summed E-state index contributed by atoms with van der Waals surface area (Å²) in [6.45, 7) is 2.45. The number of halogens is 2. The molecule has 0 radical (unpaired) electrons. The molecule has 1 aromatic rings. The molecular weight excluding hydrogens is 255 g/mol. The van der Waals surface area contributed by atoms with Crippen LogP contribution in [0.25, 0.3) is 0 Å². The number of carbonyl (C=O) groups is 1. The highest BCUT2D eigenvalue weighted by molar-refractivity contribution is 5.85. The van der Waals surface area contributed by atoms with E-state index >= 15 is 0 Å². The van der Waals surface area contributed by atoms with Crippen LogP contribution in [0.15, 0.2) is 24.3 Å². The van der Waals surface area contributed by atoms with Crippen molar-refractivity contribution in [1.29, 1.82) is 0 Å². The molecule has 102 valence electrons. The van der Waals surface area contributed by atoms with Gasteiger partial charge in [0.25, 0.3) is 0 Å². The van der Waals surface area contributed by atoms with Crippen molar-refractivity contribution >= 4 is 18.3 Å².